The number of nitrogens with zero attached hydrogens (tertiary/aromatic N) is 1. The molecule has 0 atom stereocenters. The number of anilines is 1. The first kappa shape index (κ1) is 7.85. The van der Waals surface area contributed by atoms with E-state index in [-0.39, 0.29) is 0 Å². The number of aryl methyl sites for hydroxylation is 1. The molecule has 0 bridgehead atoms. The lowest BCUT2D eigenvalue weighted by molar-refractivity contribution is 0.341. The summed E-state index contributed by atoms with van der Waals surface area (Å²) in [7, 11) is 0. The highest BCUT2D eigenvalue weighted by Crippen LogP contribution is 2.19. The van der Waals surface area contributed by atoms with Crippen LogP contribution in [0.15, 0.2) is 12.3 Å². The first-order valence-corrected chi connectivity index (χ1v) is 3.59. The van der Waals surface area contributed by atoms with Gasteiger partial charge in [0.05, 0.1) is 18.5 Å². The molecule has 0 radical (unpaired) electrons. The molecule has 0 aliphatic heterocycles. The molecule has 0 fully saturated rings. The summed E-state index contributed by atoms with van der Waals surface area (Å²) in [6, 6.07) is 1.83. The van der Waals surface area contributed by atoms with Crippen LogP contribution < -0.4 is 10.5 Å². The largest absolute Gasteiger partial charge is 0.492 e. The van der Waals surface area contributed by atoms with Gasteiger partial charge in [-0.3, -0.25) is 4.98 Å². The summed E-state index contributed by atoms with van der Waals surface area (Å²) in [6.45, 7) is 4.46. The Labute approximate surface area is 66.2 Å². The molecular weight excluding hydrogens is 140 g/mol. The fraction of sp³-hybridized carbons (Fsp3) is 0.375. The van der Waals surface area contributed by atoms with Crippen molar-refractivity contribution in [3.63, 3.8) is 0 Å². The Hall–Kier alpha value is -1.25. The van der Waals surface area contributed by atoms with Crippen LogP contribution in [0.25, 0.3) is 0 Å². The number of nitrogen functional groups attached to an aromatic ring is 1. The van der Waals surface area contributed by atoms with E-state index in [0.717, 1.165) is 11.4 Å². The predicted molar refractivity (Wildman–Crippen MR) is 44.6 cm³/mol. The Kier molecular flexibility index (Phi) is 2.31. The zero-order valence-corrected chi connectivity index (χ0v) is 6.79. The Morgan fingerprint density at radius 1 is 1.64 bits per heavy atom. The number of rotatable bonds is 2. The molecule has 0 spiro atoms. The van der Waals surface area contributed by atoms with Crippen molar-refractivity contribution in [3.05, 3.63) is 18.0 Å². The van der Waals surface area contributed by atoms with Crippen molar-refractivity contribution in [1.29, 1.82) is 0 Å². The van der Waals surface area contributed by atoms with Crippen LogP contribution in [0.1, 0.15) is 12.6 Å². The quantitative estimate of drug-likeness (QED) is 0.696. The summed E-state index contributed by atoms with van der Waals surface area (Å²) in [5, 5.41) is 0. The van der Waals surface area contributed by atoms with Crippen LogP contribution >= 0.6 is 0 Å². The fourth-order valence-electron chi connectivity index (χ4n) is 0.826. The summed E-state index contributed by atoms with van der Waals surface area (Å²) < 4.78 is 5.25. The summed E-state index contributed by atoms with van der Waals surface area (Å²) in [5.74, 6) is 0.722. The molecule has 1 aromatic heterocycles. The van der Waals surface area contributed by atoms with Gasteiger partial charge in [0.25, 0.3) is 0 Å². The minimum Gasteiger partial charge on any atom is -0.492 e. The Morgan fingerprint density at radius 3 is 3.00 bits per heavy atom. The molecule has 1 rings (SSSR count). The zero-order valence-electron chi connectivity index (χ0n) is 6.79. The van der Waals surface area contributed by atoms with Crippen molar-refractivity contribution in [1.82, 2.24) is 4.98 Å². The van der Waals surface area contributed by atoms with Crippen molar-refractivity contribution in [2.24, 2.45) is 0 Å². The van der Waals surface area contributed by atoms with Gasteiger partial charge in [-0.25, -0.2) is 0 Å². The number of aromatic nitrogens is 1. The van der Waals surface area contributed by atoms with E-state index in [2.05, 4.69) is 4.98 Å². The number of pyridine rings is 1. The third-order valence-corrected chi connectivity index (χ3v) is 1.33. The van der Waals surface area contributed by atoms with E-state index in [1.165, 1.54) is 0 Å². The minimum absolute atomic E-state index is 0.595. The van der Waals surface area contributed by atoms with E-state index in [0.29, 0.717) is 12.3 Å². The van der Waals surface area contributed by atoms with Crippen molar-refractivity contribution in [3.8, 4) is 5.75 Å². The van der Waals surface area contributed by atoms with Crippen molar-refractivity contribution in [2.75, 3.05) is 12.3 Å². The molecule has 0 saturated carbocycles. The smallest absolute Gasteiger partial charge is 0.145 e. The second-order valence-corrected chi connectivity index (χ2v) is 2.30. The molecule has 3 heteroatoms. The van der Waals surface area contributed by atoms with Gasteiger partial charge < -0.3 is 10.5 Å². The third kappa shape index (κ3) is 1.83. The van der Waals surface area contributed by atoms with Crippen LogP contribution in [-0.2, 0) is 0 Å². The van der Waals surface area contributed by atoms with Gasteiger partial charge in [-0.1, -0.05) is 0 Å². The Balaban J connectivity index is 2.93. The highest BCUT2D eigenvalue weighted by molar-refractivity contribution is 5.50. The molecule has 3 nitrogen and oxygen atoms in total. The minimum atomic E-state index is 0.595. The summed E-state index contributed by atoms with van der Waals surface area (Å²) in [5.41, 5.74) is 7.10. The molecule has 11 heavy (non-hydrogen) atoms. The maximum Gasteiger partial charge on any atom is 0.145 e. The molecule has 0 aromatic carbocycles. The molecule has 0 aliphatic rings. The average Bonchev–Trinajstić information content (AvgIpc) is 1.98. The van der Waals surface area contributed by atoms with Crippen LogP contribution in [0.5, 0.6) is 5.75 Å². The highest BCUT2D eigenvalue weighted by Gasteiger charge is 1.98. The summed E-state index contributed by atoms with van der Waals surface area (Å²) in [6.07, 6.45) is 1.61. The van der Waals surface area contributed by atoms with E-state index < -0.39 is 0 Å². The number of hydrogen-bond donors (Lipinski definition) is 1. The molecule has 2 N–H and O–H groups in total. The topological polar surface area (TPSA) is 48.1 Å². The maximum atomic E-state index is 5.59. The first-order valence-electron chi connectivity index (χ1n) is 3.59. The molecular formula is C8H12N2O. The van der Waals surface area contributed by atoms with E-state index in [9.17, 15) is 0 Å². The normalized spacial score (nSPS) is 9.64. The zero-order chi connectivity index (χ0) is 8.27. The second kappa shape index (κ2) is 3.23. The first-order chi connectivity index (χ1) is 5.24. The predicted octanol–water partition coefficient (Wildman–Crippen LogP) is 1.37. The fourth-order valence-corrected chi connectivity index (χ4v) is 0.826. The van der Waals surface area contributed by atoms with Gasteiger partial charge in [0.15, 0.2) is 0 Å². The molecule has 0 unspecified atom stereocenters. The van der Waals surface area contributed by atoms with Crippen molar-refractivity contribution >= 4 is 5.69 Å². The van der Waals surface area contributed by atoms with Crippen LogP contribution in [0.2, 0.25) is 0 Å². The summed E-state index contributed by atoms with van der Waals surface area (Å²) >= 11 is 0. The van der Waals surface area contributed by atoms with Crippen molar-refractivity contribution < 1.29 is 4.74 Å². The lowest BCUT2D eigenvalue weighted by Gasteiger charge is -2.05. The van der Waals surface area contributed by atoms with Crippen LogP contribution in [0, 0.1) is 6.92 Å². The molecule has 1 heterocycles. The third-order valence-electron chi connectivity index (χ3n) is 1.33. The molecule has 1 aromatic rings. The summed E-state index contributed by atoms with van der Waals surface area (Å²) in [4.78, 5) is 4.02. The number of ether oxygens (including phenoxy) is 1. The average molecular weight is 152 g/mol. The molecule has 0 amide bonds. The maximum absolute atomic E-state index is 5.59. The lowest BCUT2D eigenvalue weighted by atomic mass is 10.3. The van der Waals surface area contributed by atoms with Crippen LogP contribution in [0.3, 0.4) is 0 Å². The molecule has 0 saturated heterocycles. The monoisotopic (exact) mass is 152 g/mol. The van der Waals surface area contributed by atoms with Gasteiger partial charge >= 0.3 is 0 Å². The van der Waals surface area contributed by atoms with E-state index in [4.69, 9.17) is 10.5 Å². The molecule has 0 aliphatic carbocycles. The second-order valence-electron chi connectivity index (χ2n) is 2.30. The highest BCUT2D eigenvalue weighted by atomic mass is 16.5. The van der Waals surface area contributed by atoms with Gasteiger partial charge in [0.2, 0.25) is 0 Å². The lowest BCUT2D eigenvalue weighted by Crippen LogP contribution is -1.98. The van der Waals surface area contributed by atoms with Gasteiger partial charge in [0.1, 0.15) is 5.75 Å². The standard InChI is InChI=1S/C8H12N2O/c1-3-11-8-4-6(2)10-5-7(8)9/h4-5H,3,9H2,1-2H3. The van der Waals surface area contributed by atoms with E-state index in [1.807, 2.05) is 19.9 Å². The van der Waals surface area contributed by atoms with Gasteiger partial charge in [-0.2, -0.15) is 0 Å². The SMILES string of the molecule is CCOc1cc(C)ncc1N. The van der Waals surface area contributed by atoms with Gasteiger partial charge in [-0.05, 0) is 13.8 Å². The van der Waals surface area contributed by atoms with E-state index in [1.54, 1.807) is 6.20 Å². The van der Waals surface area contributed by atoms with Gasteiger partial charge in [-0.15, -0.1) is 0 Å². The number of nitrogens with two attached hydrogens (primary N) is 1. The van der Waals surface area contributed by atoms with Crippen LogP contribution in [-0.4, -0.2) is 11.6 Å². The number of hydrogen-bond acceptors (Lipinski definition) is 3. The van der Waals surface area contributed by atoms with Crippen molar-refractivity contribution in [2.45, 2.75) is 13.8 Å². The Bertz CT molecular complexity index is 248. The Morgan fingerprint density at radius 2 is 2.36 bits per heavy atom. The van der Waals surface area contributed by atoms with Crippen LogP contribution in [0.4, 0.5) is 5.69 Å². The van der Waals surface area contributed by atoms with Gasteiger partial charge in [0, 0.05) is 11.8 Å². The molecule has 60 valence electrons. The van der Waals surface area contributed by atoms with E-state index >= 15 is 0 Å².